The van der Waals surface area contributed by atoms with Gasteiger partial charge in [0, 0.05) is 4.88 Å². The van der Waals surface area contributed by atoms with Crippen LogP contribution in [0.2, 0.25) is 0 Å². The highest BCUT2D eigenvalue weighted by Gasteiger charge is 2.36. The zero-order valence-corrected chi connectivity index (χ0v) is 19.1. The highest BCUT2D eigenvalue weighted by molar-refractivity contribution is 7.17. The summed E-state index contributed by atoms with van der Waals surface area (Å²) < 4.78 is 5.12. The number of imide groups is 1. The smallest absolute Gasteiger partial charge is 0.338 e. The highest BCUT2D eigenvalue weighted by Crippen LogP contribution is 2.38. The number of nitrogens with one attached hydrogen (secondary N) is 1. The molecule has 9 nitrogen and oxygen atoms in total. The van der Waals surface area contributed by atoms with Gasteiger partial charge in [-0.2, -0.15) is 0 Å². The van der Waals surface area contributed by atoms with Gasteiger partial charge in [0.2, 0.25) is 0 Å². The highest BCUT2D eigenvalue weighted by atomic mass is 32.1. The predicted molar refractivity (Wildman–Crippen MR) is 128 cm³/mol. The number of ether oxygens (including phenoxy) is 1. The molecule has 5 rings (SSSR count). The first kappa shape index (κ1) is 22.5. The summed E-state index contributed by atoms with van der Waals surface area (Å²) in [5.41, 5.74) is 7.55. The van der Waals surface area contributed by atoms with E-state index in [2.05, 4.69) is 5.32 Å². The van der Waals surface area contributed by atoms with Crippen molar-refractivity contribution < 1.29 is 28.7 Å². The van der Waals surface area contributed by atoms with Crippen molar-refractivity contribution in [3.63, 3.8) is 0 Å². The molecular formula is C25H19N3O6S. The zero-order chi connectivity index (χ0) is 24.7. The van der Waals surface area contributed by atoms with Crippen LogP contribution < -0.4 is 16.0 Å². The quantitative estimate of drug-likeness (QED) is 0.404. The Balaban J connectivity index is 1.26. The molecule has 0 atom stereocenters. The van der Waals surface area contributed by atoms with Gasteiger partial charge in [-0.05, 0) is 55.2 Å². The van der Waals surface area contributed by atoms with E-state index < -0.39 is 36.2 Å². The minimum atomic E-state index is -0.803. The number of fused-ring (bicyclic) bond motifs is 2. The molecule has 2 heterocycles. The number of amides is 4. The summed E-state index contributed by atoms with van der Waals surface area (Å²) in [5, 5.41) is 2.97. The van der Waals surface area contributed by atoms with Crippen molar-refractivity contribution in [2.75, 3.05) is 16.8 Å². The van der Waals surface area contributed by atoms with E-state index in [1.807, 2.05) is 0 Å². The lowest BCUT2D eigenvalue weighted by atomic mass is 10.1. The van der Waals surface area contributed by atoms with Gasteiger partial charge in [0.1, 0.15) is 5.00 Å². The summed E-state index contributed by atoms with van der Waals surface area (Å²) >= 11 is 1.30. The van der Waals surface area contributed by atoms with E-state index in [0.29, 0.717) is 10.6 Å². The standard InChI is InChI=1S/C25H19N3O6S/c26-21(30)20-17-9-4-10-18(17)35-22(20)27-19(29)12-34-25(33)13-5-3-6-14(11-13)28-23(31)15-7-1-2-8-16(15)24(28)32/h1-3,5-8,11H,4,9-10,12H2,(H2,26,30)(H,27,29). The third-order valence-electron chi connectivity index (χ3n) is 5.89. The van der Waals surface area contributed by atoms with Gasteiger partial charge >= 0.3 is 5.97 Å². The van der Waals surface area contributed by atoms with Crippen molar-refractivity contribution in [3.8, 4) is 0 Å². The van der Waals surface area contributed by atoms with Gasteiger partial charge in [0.05, 0.1) is 27.9 Å². The van der Waals surface area contributed by atoms with E-state index in [0.717, 1.165) is 34.6 Å². The number of benzene rings is 2. The van der Waals surface area contributed by atoms with Crippen molar-refractivity contribution in [1.82, 2.24) is 0 Å². The van der Waals surface area contributed by atoms with Crippen molar-refractivity contribution in [1.29, 1.82) is 0 Å². The fourth-order valence-corrected chi connectivity index (χ4v) is 5.64. The van der Waals surface area contributed by atoms with Gasteiger partial charge in [0.25, 0.3) is 23.6 Å². The Morgan fingerprint density at radius 1 is 1.00 bits per heavy atom. The van der Waals surface area contributed by atoms with Crippen LogP contribution in [-0.4, -0.2) is 36.2 Å². The predicted octanol–water partition coefficient (Wildman–Crippen LogP) is 2.93. The van der Waals surface area contributed by atoms with Gasteiger partial charge in [-0.1, -0.05) is 18.2 Å². The Labute approximate surface area is 203 Å². The summed E-state index contributed by atoms with van der Waals surface area (Å²) in [6, 6.07) is 12.3. The topological polar surface area (TPSA) is 136 Å². The number of carbonyl (C=O) groups excluding carboxylic acids is 5. The number of nitrogens with two attached hydrogens (primary N) is 1. The van der Waals surface area contributed by atoms with Crippen molar-refractivity contribution >= 4 is 51.6 Å². The number of esters is 1. The summed E-state index contributed by atoms with van der Waals surface area (Å²) in [7, 11) is 0. The number of thiophene rings is 1. The second kappa shape index (κ2) is 8.80. The molecule has 0 unspecified atom stereocenters. The maximum absolute atomic E-state index is 12.7. The van der Waals surface area contributed by atoms with Crippen molar-refractivity contribution in [2.45, 2.75) is 19.3 Å². The molecule has 3 aromatic rings. The molecule has 1 aromatic heterocycles. The maximum atomic E-state index is 12.7. The molecule has 0 bridgehead atoms. The molecule has 2 aliphatic rings. The van der Waals surface area contributed by atoms with E-state index in [1.54, 1.807) is 24.3 Å². The molecule has 176 valence electrons. The fraction of sp³-hybridized carbons (Fsp3) is 0.160. The number of primary amides is 1. The van der Waals surface area contributed by atoms with Crippen LogP contribution in [0.1, 0.15) is 58.3 Å². The Morgan fingerprint density at radius 2 is 1.71 bits per heavy atom. The van der Waals surface area contributed by atoms with E-state index in [4.69, 9.17) is 10.5 Å². The Hall–Kier alpha value is -4.31. The first-order chi connectivity index (χ1) is 16.8. The molecule has 2 aromatic carbocycles. The second-order valence-electron chi connectivity index (χ2n) is 8.09. The van der Waals surface area contributed by atoms with Gasteiger partial charge in [-0.15, -0.1) is 11.3 Å². The molecule has 3 N–H and O–H groups in total. The Kier molecular flexibility index (Phi) is 5.65. The summed E-state index contributed by atoms with van der Waals surface area (Å²) in [5.74, 6) is -2.99. The van der Waals surface area contributed by atoms with Gasteiger partial charge in [-0.3, -0.25) is 19.2 Å². The van der Waals surface area contributed by atoms with Crippen LogP contribution in [0.5, 0.6) is 0 Å². The third-order valence-corrected chi connectivity index (χ3v) is 7.10. The number of anilines is 2. The minimum absolute atomic E-state index is 0.0692. The lowest BCUT2D eigenvalue weighted by Crippen LogP contribution is -2.29. The van der Waals surface area contributed by atoms with Gasteiger partial charge in [-0.25, -0.2) is 9.69 Å². The van der Waals surface area contributed by atoms with Crippen LogP contribution >= 0.6 is 11.3 Å². The molecule has 35 heavy (non-hydrogen) atoms. The third kappa shape index (κ3) is 3.97. The second-order valence-corrected chi connectivity index (χ2v) is 9.20. The van der Waals surface area contributed by atoms with Crippen LogP contribution in [0.3, 0.4) is 0 Å². The summed E-state index contributed by atoms with van der Waals surface area (Å²) in [4.78, 5) is 64.3. The van der Waals surface area contributed by atoms with E-state index in [9.17, 15) is 24.0 Å². The van der Waals surface area contributed by atoms with Crippen molar-refractivity contribution in [3.05, 3.63) is 81.2 Å². The van der Waals surface area contributed by atoms with E-state index in [1.165, 1.54) is 35.6 Å². The van der Waals surface area contributed by atoms with E-state index >= 15 is 0 Å². The number of rotatable bonds is 6. The number of hydrogen-bond acceptors (Lipinski definition) is 7. The average Bonchev–Trinajstić information content (AvgIpc) is 3.50. The molecule has 10 heteroatoms. The number of aryl methyl sites for hydroxylation is 1. The van der Waals surface area contributed by atoms with Gasteiger partial charge in [0.15, 0.2) is 6.61 Å². The molecule has 0 fully saturated rings. The SMILES string of the molecule is NC(=O)c1c(NC(=O)COC(=O)c2cccc(N3C(=O)c4ccccc4C3=O)c2)sc2c1CCC2. The largest absolute Gasteiger partial charge is 0.452 e. The molecule has 1 aliphatic carbocycles. The molecule has 4 amide bonds. The van der Waals surface area contributed by atoms with Crippen molar-refractivity contribution in [2.24, 2.45) is 5.73 Å². The van der Waals surface area contributed by atoms with Crippen LogP contribution in [0.25, 0.3) is 0 Å². The minimum Gasteiger partial charge on any atom is -0.452 e. The van der Waals surface area contributed by atoms with Crippen LogP contribution in [-0.2, 0) is 22.4 Å². The molecule has 0 saturated heterocycles. The number of nitrogens with zero attached hydrogens (tertiary/aromatic N) is 1. The normalized spacial score (nSPS) is 14.0. The van der Waals surface area contributed by atoms with Crippen LogP contribution in [0, 0.1) is 0 Å². The first-order valence-corrected chi connectivity index (χ1v) is 11.7. The molecule has 0 spiro atoms. The fourth-order valence-electron chi connectivity index (χ4n) is 4.33. The van der Waals surface area contributed by atoms with Crippen LogP contribution in [0.15, 0.2) is 48.5 Å². The zero-order valence-electron chi connectivity index (χ0n) is 18.3. The molecule has 0 radical (unpaired) electrons. The number of hydrogen-bond donors (Lipinski definition) is 2. The van der Waals surface area contributed by atoms with Crippen LogP contribution in [0.4, 0.5) is 10.7 Å². The summed E-state index contributed by atoms with van der Waals surface area (Å²) in [6.45, 7) is -0.586. The monoisotopic (exact) mass is 489 g/mol. The molecule has 1 aliphatic heterocycles. The lowest BCUT2D eigenvalue weighted by molar-refractivity contribution is -0.119. The number of carbonyl (C=O) groups is 5. The summed E-state index contributed by atoms with van der Waals surface area (Å²) in [6.07, 6.45) is 2.50. The Morgan fingerprint density at radius 3 is 2.40 bits per heavy atom. The Bertz CT molecular complexity index is 1390. The lowest BCUT2D eigenvalue weighted by Gasteiger charge is -2.14. The average molecular weight is 490 g/mol. The first-order valence-electron chi connectivity index (χ1n) is 10.8. The molecule has 0 saturated carbocycles. The van der Waals surface area contributed by atoms with E-state index in [-0.39, 0.29) is 22.4 Å². The molecular weight excluding hydrogens is 470 g/mol. The van der Waals surface area contributed by atoms with Gasteiger partial charge < -0.3 is 15.8 Å². The maximum Gasteiger partial charge on any atom is 0.338 e.